The third-order valence-electron chi connectivity index (χ3n) is 4.14. The lowest BCUT2D eigenvalue weighted by Crippen LogP contribution is -2.25. The minimum atomic E-state index is -4.86. The largest absolute Gasteiger partial charge is 0.451 e. The van der Waals surface area contributed by atoms with Crippen LogP contribution in [0.3, 0.4) is 0 Å². The number of benzene rings is 1. The van der Waals surface area contributed by atoms with Gasteiger partial charge in [-0.1, -0.05) is 6.07 Å². The Bertz CT molecular complexity index is 1290. The highest BCUT2D eigenvalue weighted by Crippen LogP contribution is 2.32. The number of nitrogens with one attached hydrogen (secondary N) is 1. The molecule has 0 unspecified atom stereocenters. The fraction of sp³-hybridized carbons (Fsp3) is 0.158. The van der Waals surface area contributed by atoms with Crippen molar-refractivity contribution in [1.29, 1.82) is 0 Å². The van der Waals surface area contributed by atoms with E-state index in [0.717, 1.165) is 48.8 Å². The zero-order valence-electron chi connectivity index (χ0n) is 16.1. The van der Waals surface area contributed by atoms with Crippen LogP contribution in [0.15, 0.2) is 64.6 Å². The lowest BCUT2D eigenvalue weighted by atomic mass is 10.2. The fourth-order valence-electron chi connectivity index (χ4n) is 2.58. The Labute approximate surface area is 182 Å². The van der Waals surface area contributed by atoms with Crippen LogP contribution in [0, 0.1) is 0 Å². The third-order valence-corrected chi connectivity index (χ3v) is 5.89. The van der Waals surface area contributed by atoms with Crippen LogP contribution < -0.4 is 5.32 Å². The van der Waals surface area contributed by atoms with E-state index in [1.54, 1.807) is 0 Å². The Morgan fingerprint density at radius 2 is 1.55 bits per heavy atom. The maximum atomic E-state index is 12.9. The fourth-order valence-corrected chi connectivity index (χ4v) is 3.92. The Kier molecular flexibility index (Phi) is 6.40. The van der Waals surface area contributed by atoms with E-state index in [1.807, 2.05) is 0 Å². The molecule has 33 heavy (non-hydrogen) atoms. The van der Waals surface area contributed by atoms with Crippen LogP contribution in [0.4, 0.5) is 26.3 Å². The summed E-state index contributed by atoms with van der Waals surface area (Å²) in [6.07, 6.45) is -7.78. The van der Waals surface area contributed by atoms with Crippen LogP contribution in [0.5, 0.6) is 0 Å². The molecule has 0 fully saturated rings. The van der Waals surface area contributed by atoms with Crippen molar-refractivity contribution < 1.29 is 39.6 Å². The number of carbonyl (C=O) groups excluding carboxylic acids is 1. The van der Waals surface area contributed by atoms with E-state index in [9.17, 15) is 39.6 Å². The minimum absolute atomic E-state index is 0.0125. The Hall–Kier alpha value is -3.55. The molecule has 0 aliphatic carbocycles. The third kappa shape index (κ3) is 5.63. The zero-order chi connectivity index (χ0) is 24.4. The van der Waals surface area contributed by atoms with Gasteiger partial charge in [-0.05, 0) is 36.4 Å². The molecule has 0 saturated carbocycles. The highest BCUT2D eigenvalue weighted by Gasteiger charge is 2.35. The first-order chi connectivity index (χ1) is 15.3. The second-order valence-electron chi connectivity index (χ2n) is 6.46. The SMILES string of the molecule is O=C(NCc1cc(S(=O)(=O)c2cccc(C(F)(F)F)c2)ccn1)c1ccnc(C(F)(F)F)n1. The molecule has 0 spiro atoms. The van der Waals surface area contributed by atoms with Gasteiger partial charge in [0, 0.05) is 12.4 Å². The number of nitrogens with zero attached hydrogens (tertiary/aromatic N) is 3. The van der Waals surface area contributed by atoms with Crippen molar-refractivity contribution in [2.45, 2.75) is 28.7 Å². The highest BCUT2D eigenvalue weighted by molar-refractivity contribution is 7.91. The van der Waals surface area contributed by atoms with Gasteiger partial charge >= 0.3 is 12.4 Å². The van der Waals surface area contributed by atoms with Crippen molar-refractivity contribution in [1.82, 2.24) is 20.3 Å². The van der Waals surface area contributed by atoms with E-state index in [0.29, 0.717) is 6.07 Å². The average molecular weight is 490 g/mol. The lowest BCUT2D eigenvalue weighted by molar-refractivity contribution is -0.145. The minimum Gasteiger partial charge on any atom is -0.345 e. The number of rotatable bonds is 5. The van der Waals surface area contributed by atoms with E-state index in [1.165, 1.54) is 0 Å². The number of hydrogen-bond donors (Lipinski definition) is 1. The molecule has 1 N–H and O–H groups in total. The number of sulfone groups is 1. The monoisotopic (exact) mass is 490 g/mol. The molecule has 3 aromatic rings. The van der Waals surface area contributed by atoms with Gasteiger partial charge in [-0.15, -0.1) is 0 Å². The van der Waals surface area contributed by atoms with Gasteiger partial charge in [0.15, 0.2) is 0 Å². The van der Waals surface area contributed by atoms with Gasteiger partial charge in [-0.25, -0.2) is 18.4 Å². The maximum absolute atomic E-state index is 12.9. The summed E-state index contributed by atoms with van der Waals surface area (Å²) in [4.78, 5) is 21.1. The first-order valence-electron chi connectivity index (χ1n) is 8.84. The second-order valence-corrected chi connectivity index (χ2v) is 8.41. The van der Waals surface area contributed by atoms with Gasteiger partial charge in [-0.3, -0.25) is 9.78 Å². The van der Waals surface area contributed by atoms with Crippen LogP contribution in [-0.4, -0.2) is 29.3 Å². The first-order valence-corrected chi connectivity index (χ1v) is 10.3. The quantitative estimate of drug-likeness (QED) is 0.548. The van der Waals surface area contributed by atoms with Crippen LogP contribution in [0.2, 0.25) is 0 Å². The summed E-state index contributed by atoms with van der Waals surface area (Å²) in [5.74, 6) is -2.52. The number of alkyl halides is 6. The topological polar surface area (TPSA) is 102 Å². The molecule has 2 heterocycles. The van der Waals surface area contributed by atoms with Crippen molar-refractivity contribution >= 4 is 15.7 Å². The summed E-state index contributed by atoms with van der Waals surface area (Å²) in [6, 6.07) is 6.20. The van der Waals surface area contributed by atoms with Crippen molar-refractivity contribution in [3.63, 3.8) is 0 Å². The van der Waals surface area contributed by atoms with E-state index in [4.69, 9.17) is 0 Å². The Balaban J connectivity index is 1.80. The summed E-state index contributed by atoms with van der Waals surface area (Å²) in [5, 5.41) is 2.24. The van der Waals surface area contributed by atoms with Gasteiger partial charge in [0.1, 0.15) is 5.69 Å². The molecule has 0 radical (unpaired) electrons. The normalized spacial score (nSPS) is 12.4. The second kappa shape index (κ2) is 8.77. The van der Waals surface area contributed by atoms with Gasteiger partial charge in [0.05, 0.1) is 27.6 Å². The van der Waals surface area contributed by atoms with Crippen molar-refractivity contribution in [2.24, 2.45) is 0 Å². The molecule has 0 saturated heterocycles. The van der Waals surface area contributed by atoms with Crippen LogP contribution in [0.25, 0.3) is 0 Å². The molecule has 1 amide bonds. The summed E-state index contributed by atoms with van der Waals surface area (Å²) in [5.41, 5.74) is -1.74. The van der Waals surface area contributed by atoms with Crippen molar-refractivity contribution in [3.8, 4) is 0 Å². The molecule has 1 aromatic carbocycles. The molecule has 2 aromatic heterocycles. The summed E-state index contributed by atoms with van der Waals surface area (Å²) in [7, 11) is -4.36. The maximum Gasteiger partial charge on any atom is 0.451 e. The molecule has 0 bridgehead atoms. The van der Waals surface area contributed by atoms with Crippen molar-refractivity contribution in [3.05, 3.63) is 77.6 Å². The zero-order valence-corrected chi connectivity index (χ0v) is 17.0. The average Bonchev–Trinajstić information content (AvgIpc) is 2.76. The predicted molar refractivity (Wildman–Crippen MR) is 99.3 cm³/mol. The molecule has 14 heteroatoms. The van der Waals surface area contributed by atoms with Gasteiger partial charge in [-0.2, -0.15) is 26.3 Å². The first kappa shape index (κ1) is 24.1. The number of carbonyl (C=O) groups is 1. The lowest BCUT2D eigenvalue weighted by Gasteiger charge is -2.11. The van der Waals surface area contributed by atoms with Gasteiger partial charge in [0.25, 0.3) is 5.91 Å². The van der Waals surface area contributed by atoms with Crippen LogP contribution in [-0.2, 0) is 28.7 Å². The molecule has 174 valence electrons. The number of aromatic nitrogens is 3. The van der Waals surface area contributed by atoms with E-state index in [2.05, 4.69) is 20.3 Å². The molecule has 7 nitrogen and oxygen atoms in total. The van der Waals surface area contributed by atoms with Gasteiger partial charge in [0.2, 0.25) is 15.7 Å². The standard InChI is InChI=1S/C19H12F6N4O3S/c20-18(21,22)11-2-1-3-13(8-11)33(31,32)14-4-6-26-12(9-14)10-28-16(30)15-5-7-27-17(29-15)19(23,24)25/h1-9H,10H2,(H,28,30). The molecule has 3 rings (SSSR count). The number of halogens is 6. The Morgan fingerprint density at radius 3 is 2.21 bits per heavy atom. The van der Waals surface area contributed by atoms with Crippen LogP contribution in [0.1, 0.15) is 27.6 Å². The summed E-state index contributed by atoms with van der Waals surface area (Å²) >= 11 is 0. The van der Waals surface area contributed by atoms with E-state index in [-0.39, 0.29) is 10.6 Å². The smallest absolute Gasteiger partial charge is 0.345 e. The highest BCUT2D eigenvalue weighted by atomic mass is 32.2. The molecular weight excluding hydrogens is 478 g/mol. The molecule has 0 aliphatic rings. The molecule has 0 aliphatic heterocycles. The number of hydrogen-bond acceptors (Lipinski definition) is 6. The molecule has 0 atom stereocenters. The Morgan fingerprint density at radius 1 is 0.879 bits per heavy atom. The van der Waals surface area contributed by atoms with E-state index >= 15 is 0 Å². The van der Waals surface area contributed by atoms with E-state index < -0.39 is 56.6 Å². The van der Waals surface area contributed by atoms with Gasteiger partial charge < -0.3 is 5.32 Å². The summed E-state index contributed by atoms with van der Waals surface area (Å²) in [6.45, 7) is -0.393. The summed E-state index contributed by atoms with van der Waals surface area (Å²) < 4.78 is 102. The van der Waals surface area contributed by atoms with Crippen molar-refractivity contribution in [2.75, 3.05) is 0 Å². The number of amides is 1. The van der Waals surface area contributed by atoms with Crippen LogP contribution >= 0.6 is 0 Å². The predicted octanol–water partition coefficient (Wildman–Crippen LogP) is 3.67. The number of pyridine rings is 1. The molecular formula is C19H12F6N4O3S.